The average molecular weight is 327 g/mol. The predicted molar refractivity (Wildman–Crippen MR) is 89.8 cm³/mol. The summed E-state index contributed by atoms with van der Waals surface area (Å²) in [6.45, 7) is 0.468. The Hall–Kier alpha value is -2.34. The fourth-order valence-corrected chi connectivity index (χ4v) is 3.57. The second-order valence-corrected chi connectivity index (χ2v) is 6.24. The summed E-state index contributed by atoms with van der Waals surface area (Å²) in [6.07, 6.45) is 3.16. The van der Waals surface area contributed by atoms with Crippen molar-refractivity contribution in [2.75, 3.05) is 11.6 Å². The molecule has 1 N–H and O–H groups in total. The third kappa shape index (κ3) is 3.71. The molecule has 6 heteroatoms. The minimum atomic E-state index is -0.434. The van der Waals surface area contributed by atoms with Gasteiger partial charge in [-0.05, 0) is 17.7 Å². The van der Waals surface area contributed by atoms with E-state index in [1.54, 1.807) is 35.0 Å². The molecule has 1 unspecified atom stereocenters. The number of rotatable bonds is 4. The lowest BCUT2D eigenvalue weighted by molar-refractivity contribution is -0.124. The Kier molecular flexibility index (Phi) is 4.92. The number of carbonyl (C=O) groups is 2. The van der Waals surface area contributed by atoms with Gasteiger partial charge in [0, 0.05) is 24.7 Å². The number of carbonyl (C=O) groups excluding carboxylic acids is 2. The van der Waals surface area contributed by atoms with Crippen molar-refractivity contribution in [1.29, 1.82) is 0 Å². The van der Waals surface area contributed by atoms with Crippen LogP contribution in [0, 0.1) is 0 Å². The molecule has 2 aromatic rings. The Morgan fingerprint density at radius 1 is 1.22 bits per heavy atom. The predicted octanol–water partition coefficient (Wildman–Crippen LogP) is 1.91. The molecule has 3 rings (SSSR count). The Labute approximate surface area is 139 Å². The number of thioether (sulfide) groups is 1. The largest absolute Gasteiger partial charge is 0.350 e. The van der Waals surface area contributed by atoms with Crippen LogP contribution in [0.5, 0.6) is 0 Å². The van der Waals surface area contributed by atoms with E-state index in [4.69, 9.17) is 0 Å². The van der Waals surface area contributed by atoms with Gasteiger partial charge in [-0.15, -0.1) is 11.8 Å². The smallest absolute Gasteiger partial charge is 0.256 e. The van der Waals surface area contributed by atoms with Crippen molar-refractivity contribution in [1.82, 2.24) is 15.2 Å². The van der Waals surface area contributed by atoms with Gasteiger partial charge in [0.2, 0.25) is 5.91 Å². The maximum atomic E-state index is 12.5. The highest BCUT2D eigenvalue weighted by atomic mass is 32.2. The van der Waals surface area contributed by atoms with Gasteiger partial charge in [-0.25, -0.2) is 0 Å². The van der Waals surface area contributed by atoms with Crippen molar-refractivity contribution in [2.24, 2.45) is 0 Å². The van der Waals surface area contributed by atoms with Gasteiger partial charge in [0.05, 0.1) is 11.4 Å². The lowest BCUT2D eigenvalue weighted by Crippen LogP contribution is -2.47. The maximum absolute atomic E-state index is 12.5. The van der Waals surface area contributed by atoms with E-state index in [2.05, 4.69) is 10.3 Å². The monoisotopic (exact) mass is 327 g/mol. The van der Waals surface area contributed by atoms with E-state index in [-0.39, 0.29) is 11.8 Å². The number of aromatic nitrogens is 1. The summed E-state index contributed by atoms with van der Waals surface area (Å²) in [7, 11) is 0. The van der Waals surface area contributed by atoms with E-state index < -0.39 is 6.04 Å². The van der Waals surface area contributed by atoms with Crippen LogP contribution in [0.15, 0.2) is 54.9 Å². The number of hydrogen-bond donors (Lipinski definition) is 1. The van der Waals surface area contributed by atoms with E-state index >= 15 is 0 Å². The van der Waals surface area contributed by atoms with Gasteiger partial charge in [-0.1, -0.05) is 30.3 Å². The molecular weight excluding hydrogens is 310 g/mol. The molecule has 1 saturated heterocycles. The second-order valence-electron chi connectivity index (χ2n) is 5.24. The quantitative estimate of drug-likeness (QED) is 0.932. The fraction of sp³-hybridized carbons (Fsp3) is 0.235. The van der Waals surface area contributed by atoms with Crippen LogP contribution in [-0.4, -0.2) is 39.4 Å². The van der Waals surface area contributed by atoms with Crippen LogP contribution in [0.25, 0.3) is 0 Å². The summed E-state index contributed by atoms with van der Waals surface area (Å²) in [5.41, 5.74) is 1.55. The van der Waals surface area contributed by atoms with Gasteiger partial charge in [0.1, 0.15) is 6.04 Å². The molecule has 0 saturated carbocycles. The standard InChI is InChI=1S/C17H17N3O2S/c21-16(19-9-13-5-2-1-3-6-13)15-11-23-12-20(15)17(22)14-7-4-8-18-10-14/h1-8,10,15H,9,11-12H2,(H,19,21). The highest BCUT2D eigenvalue weighted by Crippen LogP contribution is 2.23. The van der Waals surface area contributed by atoms with Crippen molar-refractivity contribution in [3.05, 3.63) is 66.0 Å². The molecule has 0 spiro atoms. The van der Waals surface area contributed by atoms with Crippen molar-refractivity contribution in [3.8, 4) is 0 Å². The molecule has 23 heavy (non-hydrogen) atoms. The number of nitrogens with zero attached hydrogens (tertiary/aromatic N) is 2. The number of amides is 2. The number of hydrogen-bond acceptors (Lipinski definition) is 4. The topological polar surface area (TPSA) is 62.3 Å². The van der Waals surface area contributed by atoms with Gasteiger partial charge < -0.3 is 10.2 Å². The van der Waals surface area contributed by atoms with Crippen LogP contribution >= 0.6 is 11.8 Å². The van der Waals surface area contributed by atoms with Crippen LogP contribution in [-0.2, 0) is 11.3 Å². The number of benzene rings is 1. The number of pyridine rings is 1. The molecule has 2 heterocycles. The van der Waals surface area contributed by atoms with E-state index in [0.717, 1.165) is 5.56 Å². The lowest BCUT2D eigenvalue weighted by Gasteiger charge is -2.23. The molecule has 1 aliphatic heterocycles. The zero-order valence-electron chi connectivity index (χ0n) is 12.5. The first-order valence-corrected chi connectivity index (χ1v) is 8.51. The van der Waals surface area contributed by atoms with Gasteiger partial charge in [-0.2, -0.15) is 0 Å². The Morgan fingerprint density at radius 3 is 2.78 bits per heavy atom. The molecule has 5 nitrogen and oxygen atoms in total. The average Bonchev–Trinajstić information content (AvgIpc) is 3.10. The first kappa shape index (κ1) is 15.6. The lowest BCUT2D eigenvalue weighted by atomic mass is 10.2. The van der Waals surface area contributed by atoms with Crippen molar-refractivity contribution in [3.63, 3.8) is 0 Å². The van der Waals surface area contributed by atoms with Crippen molar-refractivity contribution < 1.29 is 9.59 Å². The highest BCUT2D eigenvalue weighted by Gasteiger charge is 2.34. The maximum Gasteiger partial charge on any atom is 0.256 e. The van der Waals surface area contributed by atoms with Crippen molar-refractivity contribution in [2.45, 2.75) is 12.6 Å². The van der Waals surface area contributed by atoms with E-state index in [1.807, 2.05) is 30.3 Å². The molecular formula is C17H17N3O2S. The SMILES string of the molecule is O=C(NCc1ccccc1)C1CSCN1C(=O)c1cccnc1. The normalized spacial score (nSPS) is 17.0. The van der Waals surface area contributed by atoms with Crippen molar-refractivity contribution >= 4 is 23.6 Å². The van der Waals surface area contributed by atoms with Gasteiger partial charge in [0.25, 0.3) is 5.91 Å². The second kappa shape index (κ2) is 7.28. The molecule has 1 atom stereocenters. The molecule has 0 bridgehead atoms. The highest BCUT2D eigenvalue weighted by molar-refractivity contribution is 7.99. The van der Waals surface area contributed by atoms with E-state index in [0.29, 0.717) is 23.7 Å². The minimum absolute atomic E-state index is 0.115. The Morgan fingerprint density at radius 2 is 2.04 bits per heavy atom. The molecule has 0 radical (unpaired) electrons. The number of nitrogens with one attached hydrogen (secondary N) is 1. The third-order valence-corrected chi connectivity index (χ3v) is 4.68. The van der Waals surface area contributed by atoms with Crippen LogP contribution in [0.4, 0.5) is 0 Å². The minimum Gasteiger partial charge on any atom is -0.350 e. The van der Waals surface area contributed by atoms with Crippen LogP contribution in [0.1, 0.15) is 15.9 Å². The summed E-state index contributed by atoms with van der Waals surface area (Å²) in [4.78, 5) is 30.5. The van der Waals surface area contributed by atoms with Gasteiger partial charge in [0.15, 0.2) is 0 Å². The first-order chi connectivity index (χ1) is 11.3. The molecule has 0 aliphatic carbocycles. The van der Waals surface area contributed by atoms with Gasteiger partial charge >= 0.3 is 0 Å². The fourth-order valence-electron chi connectivity index (χ4n) is 2.42. The molecule has 1 aromatic heterocycles. The zero-order valence-corrected chi connectivity index (χ0v) is 13.3. The summed E-state index contributed by atoms with van der Waals surface area (Å²) in [6, 6.07) is 12.7. The summed E-state index contributed by atoms with van der Waals surface area (Å²) >= 11 is 1.59. The Bertz CT molecular complexity index is 679. The zero-order chi connectivity index (χ0) is 16.1. The first-order valence-electron chi connectivity index (χ1n) is 7.36. The molecule has 1 aliphatic rings. The van der Waals surface area contributed by atoms with Crippen LogP contribution < -0.4 is 5.32 Å². The van der Waals surface area contributed by atoms with Gasteiger partial charge in [-0.3, -0.25) is 14.6 Å². The van der Waals surface area contributed by atoms with E-state index in [1.165, 1.54) is 6.20 Å². The van der Waals surface area contributed by atoms with E-state index in [9.17, 15) is 9.59 Å². The summed E-state index contributed by atoms with van der Waals surface area (Å²) in [5.74, 6) is 0.878. The third-order valence-electron chi connectivity index (χ3n) is 3.66. The molecule has 1 fully saturated rings. The molecule has 1 aromatic carbocycles. The summed E-state index contributed by atoms with van der Waals surface area (Å²) < 4.78 is 0. The molecule has 2 amide bonds. The summed E-state index contributed by atoms with van der Waals surface area (Å²) in [5, 5.41) is 2.92. The molecule has 118 valence electrons. The Balaban J connectivity index is 1.64. The van der Waals surface area contributed by atoms with Crippen LogP contribution in [0.3, 0.4) is 0 Å². The van der Waals surface area contributed by atoms with Crippen LogP contribution in [0.2, 0.25) is 0 Å².